The van der Waals surface area contributed by atoms with Crippen molar-refractivity contribution in [2.45, 2.75) is 13.5 Å². The van der Waals surface area contributed by atoms with E-state index in [0.29, 0.717) is 30.2 Å². The van der Waals surface area contributed by atoms with Crippen LogP contribution in [-0.2, 0) is 6.54 Å². The highest BCUT2D eigenvalue weighted by molar-refractivity contribution is 7.07. The lowest BCUT2D eigenvalue weighted by Crippen LogP contribution is -2.23. The molecule has 3 N–H and O–H groups in total. The summed E-state index contributed by atoms with van der Waals surface area (Å²) in [5.74, 6) is 0.405. The van der Waals surface area contributed by atoms with Crippen molar-refractivity contribution in [3.8, 4) is 5.75 Å². The van der Waals surface area contributed by atoms with E-state index in [2.05, 4.69) is 10.3 Å². The average molecular weight is 277 g/mol. The number of thiazole rings is 1. The molecule has 0 aliphatic carbocycles. The van der Waals surface area contributed by atoms with Gasteiger partial charge in [-0.3, -0.25) is 4.79 Å². The molecule has 2 rings (SSSR count). The third-order valence-electron chi connectivity index (χ3n) is 2.42. The minimum atomic E-state index is -0.193. The van der Waals surface area contributed by atoms with Crippen LogP contribution in [0.1, 0.15) is 23.0 Å². The molecule has 0 saturated carbocycles. The first kappa shape index (κ1) is 13.4. The summed E-state index contributed by atoms with van der Waals surface area (Å²) in [4.78, 5) is 16.1. The molecule has 1 aromatic carbocycles. The molecule has 1 aromatic heterocycles. The third kappa shape index (κ3) is 3.69. The average Bonchev–Trinajstić information content (AvgIpc) is 2.88. The quantitative estimate of drug-likeness (QED) is 0.820. The Morgan fingerprint density at radius 2 is 2.32 bits per heavy atom. The third-order valence-corrected chi connectivity index (χ3v) is 3.05. The predicted molar refractivity (Wildman–Crippen MR) is 75.3 cm³/mol. The van der Waals surface area contributed by atoms with Crippen molar-refractivity contribution in [2.24, 2.45) is 0 Å². The van der Waals surface area contributed by atoms with Gasteiger partial charge in [-0.15, -0.1) is 11.3 Å². The fraction of sp³-hybridized carbons (Fsp3) is 0.231. The molecular formula is C13H15N3O2S. The number of nitrogens with one attached hydrogen (secondary N) is 1. The van der Waals surface area contributed by atoms with E-state index < -0.39 is 0 Å². The van der Waals surface area contributed by atoms with Crippen LogP contribution in [0.25, 0.3) is 0 Å². The Bertz CT molecular complexity index is 555. The van der Waals surface area contributed by atoms with Gasteiger partial charge in [-0.2, -0.15) is 0 Å². The molecule has 0 aliphatic rings. The van der Waals surface area contributed by atoms with Crippen molar-refractivity contribution >= 4 is 22.9 Å². The molecule has 5 nitrogen and oxygen atoms in total. The van der Waals surface area contributed by atoms with Crippen LogP contribution in [0.3, 0.4) is 0 Å². The number of nitrogens with zero attached hydrogens (tertiary/aromatic N) is 1. The maximum absolute atomic E-state index is 12.0. The van der Waals surface area contributed by atoms with Gasteiger partial charge in [-0.05, 0) is 19.1 Å². The molecule has 19 heavy (non-hydrogen) atoms. The van der Waals surface area contributed by atoms with Crippen LogP contribution in [0, 0.1) is 0 Å². The van der Waals surface area contributed by atoms with Crippen LogP contribution in [0.4, 0.5) is 5.69 Å². The summed E-state index contributed by atoms with van der Waals surface area (Å²) in [6, 6.07) is 5.00. The standard InChI is InChI=1S/C13H15N3O2S/c1-2-18-12-4-9(3-10(14)5-12)13(17)15-6-11-7-19-8-16-11/h3-5,7-8H,2,6,14H2,1H3,(H,15,17). The largest absolute Gasteiger partial charge is 0.494 e. The molecule has 0 atom stereocenters. The van der Waals surface area contributed by atoms with Crippen LogP contribution in [0.5, 0.6) is 5.75 Å². The minimum absolute atomic E-state index is 0.193. The molecular weight excluding hydrogens is 262 g/mol. The van der Waals surface area contributed by atoms with E-state index in [1.807, 2.05) is 12.3 Å². The van der Waals surface area contributed by atoms with Crippen LogP contribution in [-0.4, -0.2) is 17.5 Å². The zero-order valence-corrected chi connectivity index (χ0v) is 11.4. The first-order chi connectivity index (χ1) is 9.19. The number of ether oxygens (including phenoxy) is 1. The van der Waals surface area contributed by atoms with Crippen molar-refractivity contribution in [3.05, 3.63) is 40.3 Å². The monoisotopic (exact) mass is 277 g/mol. The topological polar surface area (TPSA) is 77.2 Å². The smallest absolute Gasteiger partial charge is 0.251 e. The highest BCUT2D eigenvalue weighted by atomic mass is 32.1. The number of hydrogen-bond donors (Lipinski definition) is 2. The van der Waals surface area contributed by atoms with Crippen LogP contribution < -0.4 is 15.8 Å². The van der Waals surface area contributed by atoms with Gasteiger partial charge in [0.2, 0.25) is 0 Å². The maximum Gasteiger partial charge on any atom is 0.251 e. The molecule has 0 saturated heterocycles. The SMILES string of the molecule is CCOc1cc(N)cc(C(=O)NCc2cscn2)c1. The lowest BCUT2D eigenvalue weighted by atomic mass is 10.1. The first-order valence-corrected chi connectivity index (χ1v) is 6.82. The molecule has 2 aromatic rings. The summed E-state index contributed by atoms with van der Waals surface area (Å²) in [5.41, 5.74) is 9.31. The van der Waals surface area contributed by atoms with Crippen LogP contribution in [0.15, 0.2) is 29.1 Å². The normalized spacial score (nSPS) is 10.2. The molecule has 0 unspecified atom stereocenters. The fourth-order valence-corrected chi connectivity index (χ4v) is 2.16. The van der Waals surface area contributed by atoms with Gasteiger partial charge in [-0.1, -0.05) is 0 Å². The van der Waals surface area contributed by atoms with Gasteiger partial charge >= 0.3 is 0 Å². The highest BCUT2D eigenvalue weighted by Gasteiger charge is 2.08. The van der Waals surface area contributed by atoms with Gasteiger partial charge in [0, 0.05) is 22.7 Å². The van der Waals surface area contributed by atoms with Crippen molar-refractivity contribution < 1.29 is 9.53 Å². The Morgan fingerprint density at radius 1 is 1.47 bits per heavy atom. The zero-order valence-electron chi connectivity index (χ0n) is 10.6. The number of anilines is 1. The van der Waals surface area contributed by atoms with Crippen LogP contribution >= 0.6 is 11.3 Å². The van der Waals surface area contributed by atoms with E-state index in [9.17, 15) is 4.79 Å². The number of nitrogens with two attached hydrogens (primary N) is 1. The fourth-order valence-electron chi connectivity index (χ4n) is 1.60. The molecule has 0 spiro atoms. The van der Waals surface area contributed by atoms with Crippen molar-refractivity contribution in [2.75, 3.05) is 12.3 Å². The second-order valence-corrected chi connectivity index (χ2v) is 4.60. The van der Waals surface area contributed by atoms with E-state index in [4.69, 9.17) is 10.5 Å². The van der Waals surface area contributed by atoms with Gasteiger partial charge in [0.15, 0.2) is 0 Å². The molecule has 1 heterocycles. The summed E-state index contributed by atoms with van der Waals surface area (Å²) >= 11 is 1.50. The van der Waals surface area contributed by atoms with Crippen molar-refractivity contribution in [3.63, 3.8) is 0 Å². The van der Waals surface area contributed by atoms with Gasteiger partial charge in [0.05, 0.1) is 24.4 Å². The van der Waals surface area contributed by atoms with E-state index in [1.165, 1.54) is 11.3 Å². The summed E-state index contributed by atoms with van der Waals surface area (Å²) in [5, 5.41) is 4.69. The number of benzene rings is 1. The van der Waals surface area contributed by atoms with Gasteiger partial charge < -0.3 is 15.8 Å². The molecule has 6 heteroatoms. The molecule has 0 fully saturated rings. The second kappa shape index (κ2) is 6.19. The van der Waals surface area contributed by atoms with Crippen molar-refractivity contribution in [1.29, 1.82) is 0 Å². The number of amides is 1. The Morgan fingerprint density at radius 3 is 3.00 bits per heavy atom. The summed E-state index contributed by atoms with van der Waals surface area (Å²) in [7, 11) is 0. The lowest BCUT2D eigenvalue weighted by molar-refractivity contribution is 0.0950. The van der Waals surface area contributed by atoms with E-state index in [1.54, 1.807) is 23.7 Å². The summed E-state index contributed by atoms with van der Waals surface area (Å²) in [6.45, 7) is 2.82. The first-order valence-electron chi connectivity index (χ1n) is 5.87. The molecule has 100 valence electrons. The molecule has 0 radical (unpaired) electrons. The molecule has 0 aliphatic heterocycles. The van der Waals surface area contributed by atoms with E-state index >= 15 is 0 Å². The lowest BCUT2D eigenvalue weighted by Gasteiger charge is -2.08. The number of aromatic nitrogens is 1. The summed E-state index contributed by atoms with van der Waals surface area (Å²) < 4.78 is 5.36. The minimum Gasteiger partial charge on any atom is -0.494 e. The number of carbonyl (C=O) groups excluding carboxylic acids is 1. The molecule has 0 bridgehead atoms. The van der Waals surface area contributed by atoms with Gasteiger partial charge in [-0.25, -0.2) is 4.98 Å². The van der Waals surface area contributed by atoms with Crippen molar-refractivity contribution in [1.82, 2.24) is 10.3 Å². The summed E-state index contributed by atoms with van der Waals surface area (Å²) in [6.07, 6.45) is 0. The van der Waals surface area contributed by atoms with E-state index in [-0.39, 0.29) is 5.91 Å². The number of rotatable bonds is 5. The Balaban J connectivity index is 2.05. The Kier molecular flexibility index (Phi) is 4.35. The Labute approximate surface area is 115 Å². The predicted octanol–water partition coefficient (Wildman–Crippen LogP) is 2.05. The van der Waals surface area contributed by atoms with E-state index in [0.717, 1.165) is 5.69 Å². The maximum atomic E-state index is 12.0. The number of carbonyl (C=O) groups is 1. The molecule has 1 amide bonds. The highest BCUT2D eigenvalue weighted by Crippen LogP contribution is 2.19. The zero-order chi connectivity index (χ0) is 13.7. The second-order valence-electron chi connectivity index (χ2n) is 3.89. The van der Waals surface area contributed by atoms with Crippen LogP contribution in [0.2, 0.25) is 0 Å². The Hall–Kier alpha value is -2.08. The van der Waals surface area contributed by atoms with Gasteiger partial charge in [0.25, 0.3) is 5.91 Å². The number of nitrogen functional groups attached to an aromatic ring is 1. The number of hydrogen-bond acceptors (Lipinski definition) is 5. The van der Waals surface area contributed by atoms with Gasteiger partial charge in [0.1, 0.15) is 5.75 Å².